The third-order valence-electron chi connectivity index (χ3n) is 1.10. The molecule has 0 aromatic carbocycles. The summed E-state index contributed by atoms with van der Waals surface area (Å²) >= 11 is 0. The van der Waals surface area contributed by atoms with E-state index in [9.17, 15) is 4.79 Å². The minimum atomic E-state index is 0. The van der Waals surface area contributed by atoms with E-state index in [4.69, 9.17) is 0 Å². The van der Waals surface area contributed by atoms with Gasteiger partial charge in [0.25, 0.3) is 0 Å². The Morgan fingerprint density at radius 1 is 1.75 bits per heavy atom. The Morgan fingerprint density at radius 3 is 2.50 bits per heavy atom. The van der Waals surface area contributed by atoms with Gasteiger partial charge in [0.05, 0.1) is 5.91 Å². The molecule has 0 aliphatic carbocycles. The topological polar surface area (TPSA) is 31.2 Å². The van der Waals surface area contributed by atoms with Crippen LogP contribution in [0.3, 0.4) is 0 Å². The van der Waals surface area contributed by atoms with E-state index in [0.717, 1.165) is 6.54 Å². The van der Waals surface area contributed by atoms with E-state index < -0.39 is 0 Å². The van der Waals surface area contributed by atoms with E-state index in [1.807, 2.05) is 6.92 Å². The molecule has 8 heavy (non-hydrogen) atoms. The second-order valence-corrected chi connectivity index (χ2v) is 2.04. The number of carbonyl (C=O) groups is 1. The summed E-state index contributed by atoms with van der Waals surface area (Å²) in [6.45, 7) is 2.78. The minimum absolute atomic E-state index is 0. The summed E-state index contributed by atoms with van der Waals surface area (Å²) in [6, 6.07) is 0. The Labute approximate surface area is 61.8 Å². The van der Waals surface area contributed by atoms with Crippen LogP contribution < -0.4 is 0 Å². The molecule has 1 amide bonds. The molecular weight excluding hydrogens is 191 g/mol. The van der Waals surface area contributed by atoms with Crippen molar-refractivity contribution >= 4 is 5.91 Å². The molecule has 1 heterocycles. The fraction of sp³-hybridized carbons (Fsp3) is 0.800. The van der Waals surface area contributed by atoms with Gasteiger partial charge >= 0.3 is 19.5 Å². The standard InChI is InChI=1S/C5H9NO.Ru/c1-4-2-5(7)6-3-4;/h4H,2-3H2,1H3,(H,6,7);/q;+1/p-1. The Morgan fingerprint density at radius 2 is 2.38 bits per heavy atom. The maximum absolute atomic E-state index is 10.3. The predicted molar refractivity (Wildman–Crippen MR) is 27.0 cm³/mol. The van der Waals surface area contributed by atoms with Crippen molar-refractivity contribution in [3.8, 4) is 0 Å². The van der Waals surface area contributed by atoms with Crippen LogP contribution in [-0.2, 0) is 24.3 Å². The summed E-state index contributed by atoms with van der Waals surface area (Å²) in [5, 5.41) is 3.68. The smallest absolute Gasteiger partial charge is 0.653 e. The zero-order valence-corrected chi connectivity index (χ0v) is 6.44. The quantitative estimate of drug-likeness (QED) is 0.534. The van der Waals surface area contributed by atoms with Gasteiger partial charge in [0.2, 0.25) is 0 Å². The second kappa shape index (κ2) is 3.19. The molecule has 1 atom stereocenters. The van der Waals surface area contributed by atoms with E-state index in [1.54, 1.807) is 0 Å². The fourth-order valence-electron chi connectivity index (χ4n) is 0.685. The van der Waals surface area contributed by atoms with E-state index >= 15 is 0 Å². The monoisotopic (exact) mass is 200 g/mol. The van der Waals surface area contributed by atoms with Crippen molar-refractivity contribution in [3.63, 3.8) is 0 Å². The van der Waals surface area contributed by atoms with Gasteiger partial charge in [-0.3, -0.25) is 0 Å². The predicted octanol–water partition coefficient (Wildman–Crippen LogP) is 0.924. The Hall–Kier alpha value is 0.0934. The van der Waals surface area contributed by atoms with Gasteiger partial charge in [0.15, 0.2) is 0 Å². The van der Waals surface area contributed by atoms with Gasteiger partial charge in [-0.05, 0) is 6.42 Å². The van der Waals surface area contributed by atoms with Crippen LogP contribution in [0.5, 0.6) is 0 Å². The molecule has 0 aromatic heterocycles. The maximum atomic E-state index is 10.3. The van der Waals surface area contributed by atoms with Crippen LogP contribution >= 0.6 is 0 Å². The average molecular weight is 199 g/mol. The van der Waals surface area contributed by atoms with Crippen LogP contribution in [0.15, 0.2) is 0 Å². The van der Waals surface area contributed by atoms with E-state index in [0.29, 0.717) is 12.3 Å². The summed E-state index contributed by atoms with van der Waals surface area (Å²) in [5.74, 6) is 0.583. The van der Waals surface area contributed by atoms with Gasteiger partial charge in [-0.15, -0.1) is 6.54 Å². The molecule has 0 saturated carbocycles. The van der Waals surface area contributed by atoms with Crippen molar-refractivity contribution in [2.75, 3.05) is 6.54 Å². The molecule has 1 aliphatic rings. The van der Waals surface area contributed by atoms with Crippen molar-refractivity contribution in [1.82, 2.24) is 0 Å². The number of hydrogen-bond acceptors (Lipinski definition) is 1. The SMILES string of the molecule is CC1C[N-]C(=O)C1.[Ru+]. The number of rotatable bonds is 0. The first kappa shape index (κ1) is 8.09. The first-order valence-corrected chi connectivity index (χ1v) is 2.49. The van der Waals surface area contributed by atoms with Gasteiger partial charge in [0, 0.05) is 0 Å². The largest absolute Gasteiger partial charge is 1.00 e. The normalized spacial score (nSPS) is 26.6. The fourth-order valence-corrected chi connectivity index (χ4v) is 0.685. The molecule has 1 saturated heterocycles. The summed E-state index contributed by atoms with van der Waals surface area (Å²) in [6.07, 6.45) is 0.667. The van der Waals surface area contributed by atoms with Gasteiger partial charge in [0.1, 0.15) is 0 Å². The van der Waals surface area contributed by atoms with E-state index in [2.05, 4.69) is 5.32 Å². The third-order valence-corrected chi connectivity index (χ3v) is 1.10. The summed E-state index contributed by atoms with van der Waals surface area (Å²) in [4.78, 5) is 10.3. The third kappa shape index (κ3) is 1.91. The number of carbonyl (C=O) groups excluding carboxylic acids is 1. The van der Waals surface area contributed by atoms with Crippen LogP contribution in [0, 0.1) is 5.92 Å². The molecule has 1 aliphatic heterocycles. The summed E-state index contributed by atoms with van der Waals surface area (Å²) in [7, 11) is 0. The van der Waals surface area contributed by atoms with Crippen LogP contribution in [0.2, 0.25) is 0 Å². The molecule has 0 spiro atoms. The summed E-state index contributed by atoms with van der Waals surface area (Å²) < 4.78 is 0. The maximum Gasteiger partial charge on any atom is 1.00 e. The number of nitrogens with zero attached hydrogens (tertiary/aromatic N) is 1. The number of amides is 1. The zero-order chi connectivity index (χ0) is 5.28. The molecule has 1 unspecified atom stereocenters. The number of hydrogen-bond donors (Lipinski definition) is 0. The van der Waals surface area contributed by atoms with Crippen LogP contribution in [0.25, 0.3) is 5.32 Å². The molecule has 2 nitrogen and oxygen atoms in total. The molecule has 0 bridgehead atoms. The van der Waals surface area contributed by atoms with Crippen molar-refractivity contribution in [2.45, 2.75) is 13.3 Å². The molecule has 1 fully saturated rings. The Kier molecular flexibility index (Phi) is 3.22. The zero-order valence-electron chi connectivity index (χ0n) is 4.70. The van der Waals surface area contributed by atoms with E-state index in [-0.39, 0.29) is 25.4 Å². The molecule has 1 rings (SSSR count). The average Bonchev–Trinajstić information content (AvgIpc) is 1.87. The molecular formula is C5H8NORu. The van der Waals surface area contributed by atoms with Crippen molar-refractivity contribution in [3.05, 3.63) is 5.32 Å². The molecule has 3 heteroatoms. The van der Waals surface area contributed by atoms with Crippen LogP contribution in [-0.4, -0.2) is 12.5 Å². The van der Waals surface area contributed by atoms with Crippen molar-refractivity contribution in [2.24, 2.45) is 5.92 Å². The van der Waals surface area contributed by atoms with Gasteiger partial charge in [-0.2, -0.15) is 0 Å². The minimum Gasteiger partial charge on any atom is -0.653 e. The van der Waals surface area contributed by atoms with Crippen LogP contribution in [0.1, 0.15) is 13.3 Å². The Balaban J connectivity index is 0.000000490. The van der Waals surface area contributed by atoms with Gasteiger partial charge < -0.3 is 10.1 Å². The van der Waals surface area contributed by atoms with Gasteiger partial charge in [-0.1, -0.05) is 12.8 Å². The molecule has 47 valence electrons. The van der Waals surface area contributed by atoms with Gasteiger partial charge in [-0.25, -0.2) is 0 Å². The van der Waals surface area contributed by atoms with Crippen molar-refractivity contribution < 1.29 is 24.3 Å². The first-order valence-electron chi connectivity index (χ1n) is 2.49. The second-order valence-electron chi connectivity index (χ2n) is 2.04. The molecule has 0 aromatic rings. The van der Waals surface area contributed by atoms with Crippen LogP contribution in [0.4, 0.5) is 0 Å². The first-order chi connectivity index (χ1) is 3.29. The van der Waals surface area contributed by atoms with E-state index in [1.165, 1.54) is 0 Å². The summed E-state index contributed by atoms with van der Waals surface area (Å²) in [5.41, 5.74) is 0. The van der Waals surface area contributed by atoms with Crippen molar-refractivity contribution in [1.29, 1.82) is 0 Å². The molecule has 1 radical (unpaired) electrons. The Bertz CT molecular complexity index is 94.4. The molecule has 0 N–H and O–H groups in total.